The Morgan fingerprint density at radius 2 is 2.29 bits per heavy atom. The van der Waals surface area contributed by atoms with Crippen LogP contribution in [0.3, 0.4) is 0 Å². The lowest BCUT2D eigenvalue weighted by molar-refractivity contribution is -0.143. The van der Waals surface area contributed by atoms with Crippen LogP contribution in [0.15, 0.2) is 18.5 Å². The summed E-state index contributed by atoms with van der Waals surface area (Å²) >= 11 is 0. The van der Waals surface area contributed by atoms with Crippen LogP contribution in [-0.2, 0) is 14.9 Å². The van der Waals surface area contributed by atoms with E-state index in [0.717, 1.165) is 18.4 Å². The summed E-state index contributed by atoms with van der Waals surface area (Å²) in [6.45, 7) is 0. The first-order valence-electron chi connectivity index (χ1n) is 4.48. The van der Waals surface area contributed by atoms with Crippen molar-refractivity contribution in [3.05, 3.63) is 24.0 Å². The van der Waals surface area contributed by atoms with E-state index in [1.54, 1.807) is 18.5 Å². The van der Waals surface area contributed by atoms with Gasteiger partial charge in [0.15, 0.2) is 0 Å². The van der Waals surface area contributed by atoms with Gasteiger partial charge in [0, 0.05) is 12.4 Å². The molecule has 3 nitrogen and oxygen atoms in total. The molecule has 14 heavy (non-hydrogen) atoms. The Morgan fingerprint density at radius 1 is 1.57 bits per heavy atom. The van der Waals surface area contributed by atoms with Crippen molar-refractivity contribution in [2.24, 2.45) is 0 Å². The Hall–Kier alpha value is -1.32. The van der Waals surface area contributed by atoms with Gasteiger partial charge in [-0.25, -0.2) is 0 Å². The molecule has 1 aromatic rings. The number of esters is 1. The highest BCUT2D eigenvalue weighted by atomic mass is 16.5. The lowest BCUT2D eigenvalue weighted by Crippen LogP contribution is -2.23. The molecule has 2 rings (SSSR count). The average Bonchev–Trinajstić information content (AvgIpc) is 2.97. The predicted molar refractivity (Wildman–Crippen MR) is 52.6 cm³/mol. The molecule has 0 atom stereocenters. The average molecular weight is 187 g/mol. The van der Waals surface area contributed by atoms with Crippen molar-refractivity contribution in [2.75, 3.05) is 7.11 Å². The summed E-state index contributed by atoms with van der Waals surface area (Å²) in [5.41, 5.74) is 0.985. The molecule has 0 unspecified atom stereocenters. The second-order valence-corrected chi connectivity index (χ2v) is 3.58. The largest absolute Gasteiger partial charge is 0.468 e. The van der Waals surface area contributed by atoms with Crippen LogP contribution < -0.4 is 5.46 Å². The van der Waals surface area contributed by atoms with Gasteiger partial charge in [0.05, 0.1) is 12.5 Å². The Morgan fingerprint density at radius 3 is 2.79 bits per heavy atom. The van der Waals surface area contributed by atoms with Crippen LogP contribution in [0.2, 0.25) is 0 Å². The Bertz CT molecular complexity index is 374. The molecule has 4 heteroatoms. The van der Waals surface area contributed by atoms with Crippen LogP contribution in [-0.4, -0.2) is 25.9 Å². The number of nitrogens with zero attached hydrogens (tertiary/aromatic N) is 1. The Balaban J connectivity index is 2.35. The van der Waals surface area contributed by atoms with E-state index in [9.17, 15) is 4.79 Å². The molecule has 0 spiro atoms. The van der Waals surface area contributed by atoms with Crippen LogP contribution in [0.5, 0.6) is 0 Å². The van der Waals surface area contributed by atoms with Gasteiger partial charge in [-0.1, -0.05) is 11.5 Å². The molecule has 1 saturated carbocycles. The quantitative estimate of drug-likeness (QED) is 0.486. The lowest BCUT2D eigenvalue weighted by Gasteiger charge is -2.12. The molecule has 1 fully saturated rings. The first-order chi connectivity index (χ1) is 6.69. The van der Waals surface area contributed by atoms with Gasteiger partial charge in [-0.2, -0.15) is 0 Å². The summed E-state index contributed by atoms with van der Waals surface area (Å²) < 4.78 is 4.76. The summed E-state index contributed by atoms with van der Waals surface area (Å²) in [5, 5.41) is 0. The maximum Gasteiger partial charge on any atom is 0.316 e. The number of carbonyl (C=O) groups is 1. The number of aromatic nitrogens is 1. The van der Waals surface area contributed by atoms with Gasteiger partial charge in [-0.05, 0) is 18.4 Å². The summed E-state index contributed by atoms with van der Waals surface area (Å²) in [5.74, 6) is -0.190. The molecule has 0 saturated heterocycles. The molecular weight excluding hydrogens is 177 g/mol. The molecular formula is C10H10BNO2. The standard InChI is InChI=1S/C10H10BNO2/c1-14-9(13)10(2-3-10)7-4-8(11)6-12-5-7/h4-6H,2-3H2,1H3. The molecule has 1 aliphatic carbocycles. The highest BCUT2D eigenvalue weighted by molar-refractivity contribution is 6.32. The van der Waals surface area contributed by atoms with E-state index in [-0.39, 0.29) is 5.97 Å². The normalized spacial score (nSPS) is 17.5. The van der Waals surface area contributed by atoms with Gasteiger partial charge >= 0.3 is 5.97 Å². The number of hydrogen-bond donors (Lipinski definition) is 0. The van der Waals surface area contributed by atoms with Crippen molar-refractivity contribution in [3.8, 4) is 0 Å². The predicted octanol–water partition coefficient (Wildman–Crippen LogP) is 0.0800. The minimum atomic E-state index is -0.461. The first kappa shape index (κ1) is 9.25. The maximum atomic E-state index is 11.5. The van der Waals surface area contributed by atoms with Crippen molar-refractivity contribution in [2.45, 2.75) is 18.3 Å². The highest BCUT2D eigenvalue weighted by Gasteiger charge is 2.52. The summed E-state index contributed by atoms with van der Waals surface area (Å²) in [7, 11) is 7.01. The zero-order valence-corrected chi connectivity index (χ0v) is 7.99. The lowest BCUT2D eigenvalue weighted by atomic mass is 9.91. The number of methoxy groups -OCH3 is 1. The van der Waals surface area contributed by atoms with E-state index >= 15 is 0 Å². The smallest absolute Gasteiger partial charge is 0.316 e. The third kappa shape index (κ3) is 1.31. The second kappa shape index (κ2) is 3.12. The van der Waals surface area contributed by atoms with E-state index < -0.39 is 5.41 Å². The summed E-state index contributed by atoms with van der Waals surface area (Å²) in [6, 6.07) is 1.79. The Labute approximate surface area is 83.9 Å². The SMILES string of the molecule is [B]c1cncc(C2(C(=O)OC)CC2)c1. The van der Waals surface area contributed by atoms with Gasteiger partial charge in [-0.15, -0.1) is 0 Å². The third-order valence-corrected chi connectivity index (χ3v) is 2.64. The van der Waals surface area contributed by atoms with Gasteiger partial charge in [0.2, 0.25) is 0 Å². The fourth-order valence-electron chi connectivity index (χ4n) is 1.65. The zero-order chi connectivity index (χ0) is 10.2. The monoisotopic (exact) mass is 187 g/mol. The molecule has 70 valence electrons. The van der Waals surface area contributed by atoms with Crippen molar-refractivity contribution < 1.29 is 9.53 Å². The molecule has 0 bridgehead atoms. The number of carbonyl (C=O) groups excluding carboxylic acids is 1. The molecule has 1 aliphatic rings. The minimum Gasteiger partial charge on any atom is -0.468 e. The first-order valence-corrected chi connectivity index (χ1v) is 4.48. The molecule has 1 aromatic heterocycles. The van der Waals surface area contributed by atoms with E-state index in [2.05, 4.69) is 4.98 Å². The molecule has 0 amide bonds. The van der Waals surface area contributed by atoms with E-state index in [0.29, 0.717) is 5.46 Å². The van der Waals surface area contributed by atoms with E-state index in [1.165, 1.54) is 7.11 Å². The van der Waals surface area contributed by atoms with Crippen molar-refractivity contribution in [3.63, 3.8) is 0 Å². The van der Waals surface area contributed by atoms with E-state index in [4.69, 9.17) is 12.6 Å². The number of rotatable bonds is 2. The molecule has 1 heterocycles. The fourth-order valence-corrected chi connectivity index (χ4v) is 1.65. The molecule has 0 aromatic carbocycles. The molecule has 0 aliphatic heterocycles. The topological polar surface area (TPSA) is 39.2 Å². The fraction of sp³-hybridized carbons (Fsp3) is 0.400. The maximum absolute atomic E-state index is 11.5. The van der Waals surface area contributed by atoms with Crippen LogP contribution in [0.1, 0.15) is 18.4 Å². The number of pyridine rings is 1. The van der Waals surface area contributed by atoms with Crippen molar-refractivity contribution in [1.29, 1.82) is 0 Å². The summed E-state index contributed by atoms with van der Waals surface area (Å²) in [6.07, 6.45) is 4.90. The zero-order valence-electron chi connectivity index (χ0n) is 7.99. The Kier molecular flexibility index (Phi) is 2.06. The summed E-state index contributed by atoms with van der Waals surface area (Å²) in [4.78, 5) is 15.5. The molecule has 0 N–H and O–H groups in total. The number of ether oxygens (including phenoxy) is 1. The number of hydrogen-bond acceptors (Lipinski definition) is 3. The van der Waals surface area contributed by atoms with E-state index in [1.807, 2.05) is 0 Å². The van der Waals surface area contributed by atoms with Crippen molar-refractivity contribution >= 4 is 19.3 Å². The third-order valence-electron chi connectivity index (χ3n) is 2.64. The van der Waals surface area contributed by atoms with Crippen molar-refractivity contribution in [1.82, 2.24) is 4.98 Å². The van der Waals surface area contributed by atoms with Crippen LogP contribution in [0.4, 0.5) is 0 Å². The minimum absolute atomic E-state index is 0.190. The van der Waals surface area contributed by atoms with Gasteiger partial charge in [-0.3, -0.25) is 9.78 Å². The van der Waals surface area contributed by atoms with Gasteiger partial charge < -0.3 is 4.74 Å². The van der Waals surface area contributed by atoms with Crippen LogP contribution in [0, 0.1) is 0 Å². The second-order valence-electron chi connectivity index (χ2n) is 3.58. The molecule has 2 radical (unpaired) electrons. The highest BCUT2D eigenvalue weighted by Crippen LogP contribution is 2.48. The van der Waals surface area contributed by atoms with Crippen LogP contribution in [0.25, 0.3) is 0 Å². The van der Waals surface area contributed by atoms with Crippen LogP contribution >= 0.6 is 0 Å². The van der Waals surface area contributed by atoms with Gasteiger partial charge in [0.25, 0.3) is 0 Å². The van der Waals surface area contributed by atoms with Gasteiger partial charge in [0.1, 0.15) is 7.85 Å².